The number of thiazole rings is 1. The van der Waals surface area contributed by atoms with Gasteiger partial charge in [-0.15, -0.1) is 21.5 Å². The molecule has 0 saturated heterocycles. The highest BCUT2D eigenvalue weighted by Crippen LogP contribution is 2.27. The van der Waals surface area contributed by atoms with E-state index in [9.17, 15) is 4.79 Å². The number of rotatable bonds is 4. The first-order valence-electron chi connectivity index (χ1n) is 9.34. The van der Waals surface area contributed by atoms with Crippen molar-refractivity contribution in [2.24, 2.45) is 0 Å². The van der Waals surface area contributed by atoms with Gasteiger partial charge in [0.15, 0.2) is 5.82 Å². The molecule has 6 nitrogen and oxygen atoms in total. The molecule has 4 rings (SSSR count). The Morgan fingerprint density at radius 2 is 2.11 bits per heavy atom. The number of benzene rings is 1. The van der Waals surface area contributed by atoms with E-state index in [0.717, 1.165) is 58.6 Å². The number of hydrogen-bond acceptors (Lipinski definition) is 5. The third-order valence-electron chi connectivity index (χ3n) is 4.89. The number of fused-ring (bicyclic) bond motifs is 1. The van der Waals surface area contributed by atoms with E-state index in [4.69, 9.17) is 0 Å². The lowest BCUT2D eigenvalue weighted by Crippen LogP contribution is -2.15. The van der Waals surface area contributed by atoms with Gasteiger partial charge in [0.25, 0.3) is 0 Å². The number of hydrogen-bond donors (Lipinski definition) is 1. The summed E-state index contributed by atoms with van der Waals surface area (Å²) in [6, 6.07) is 6.08. The topological polar surface area (TPSA) is 72.7 Å². The molecule has 1 aromatic carbocycles. The molecular weight excluding hydrogens is 358 g/mol. The van der Waals surface area contributed by atoms with Gasteiger partial charge >= 0.3 is 0 Å². The summed E-state index contributed by atoms with van der Waals surface area (Å²) < 4.78 is 2.22. The zero-order chi connectivity index (χ0) is 18.8. The number of nitrogens with one attached hydrogen (secondary N) is 1. The Morgan fingerprint density at radius 1 is 1.22 bits per heavy atom. The zero-order valence-electron chi connectivity index (χ0n) is 15.7. The first-order valence-corrected chi connectivity index (χ1v) is 10.2. The summed E-state index contributed by atoms with van der Waals surface area (Å²) >= 11 is 1.56. The number of aromatic nitrogens is 4. The van der Waals surface area contributed by atoms with Crippen molar-refractivity contribution >= 4 is 22.9 Å². The highest BCUT2D eigenvalue weighted by molar-refractivity contribution is 7.09. The summed E-state index contributed by atoms with van der Waals surface area (Å²) in [4.78, 5) is 16.8. The maximum atomic E-state index is 12.4. The molecule has 1 aliphatic heterocycles. The average molecular weight is 382 g/mol. The van der Waals surface area contributed by atoms with Crippen molar-refractivity contribution in [3.8, 4) is 11.4 Å². The Kier molecular flexibility index (Phi) is 5.03. The molecule has 1 amide bonds. The number of amides is 1. The third kappa shape index (κ3) is 3.93. The number of aryl methyl sites for hydroxylation is 3. The van der Waals surface area contributed by atoms with Crippen LogP contribution in [-0.4, -0.2) is 25.7 Å². The fraction of sp³-hybridized carbons (Fsp3) is 0.400. The van der Waals surface area contributed by atoms with Gasteiger partial charge in [0.1, 0.15) is 5.82 Å². The van der Waals surface area contributed by atoms with Crippen LogP contribution in [0, 0.1) is 13.8 Å². The SMILES string of the molecule is Cc1nc(CC(=O)Nc2cc(-c3nnc4n3CCCCC4)ccc2C)cs1. The second-order valence-corrected chi connectivity index (χ2v) is 8.08. The van der Waals surface area contributed by atoms with Gasteiger partial charge in [-0.3, -0.25) is 4.79 Å². The van der Waals surface area contributed by atoms with Gasteiger partial charge in [-0.2, -0.15) is 0 Å². The minimum atomic E-state index is -0.0550. The van der Waals surface area contributed by atoms with Crippen molar-refractivity contribution in [1.29, 1.82) is 0 Å². The van der Waals surface area contributed by atoms with Gasteiger partial charge in [0.05, 0.1) is 17.1 Å². The van der Waals surface area contributed by atoms with Crippen LogP contribution in [0.5, 0.6) is 0 Å². The largest absolute Gasteiger partial charge is 0.325 e. The van der Waals surface area contributed by atoms with Crippen LogP contribution >= 0.6 is 11.3 Å². The maximum Gasteiger partial charge on any atom is 0.230 e. The third-order valence-corrected chi connectivity index (χ3v) is 5.71. The molecule has 3 aromatic rings. The van der Waals surface area contributed by atoms with E-state index < -0.39 is 0 Å². The Hall–Kier alpha value is -2.54. The summed E-state index contributed by atoms with van der Waals surface area (Å²) in [5.41, 5.74) is 3.64. The summed E-state index contributed by atoms with van der Waals surface area (Å²) in [6.45, 7) is 4.90. The van der Waals surface area contributed by atoms with Gasteiger partial charge < -0.3 is 9.88 Å². The summed E-state index contributed by atoms with van der Waals surface area (Å²) in [5.74, 6) is 1.89. The minimum absolute atomic E-state index is 0.0550. The first-order chi connectivity index (χ1) is 13.1. The first kappa shape index (κ1) is 17.9. The van der Waals surface area contributed by atoms with E-state index in [0.29, 0.717) is 0 Å². The Labute approximate surface area is 162 Å². The monoisotopic (exact) mass is 381 g/mol. The van der Waals surface area contributed by atoms with Gasteiger partial charge in [-0.1, -0.05) is 18.6 Å². The second-order valence-electron chi connectivity index (χ2n) is 7.01. The summed E-state index contributed by atoms with van der Waals surface area (Å²) in [7, 11) is 0. The van der Waals surface area contributed by atoms with Crippen molar-refractivity contribution in [3.63, 3.8) is 0 Å². The van der Waals surface area contributed by atoms with Crippen molar-refractivity contribution in [2.75, 3.05) is 5.32 Å². The predicted octanol–water partition coefficient (Wildman–Crippen LogP) is 3.93. The molecular formula is C20H23N5OS. The normalized spacial score (nSPS) is 13.9. The highest BCUT2D eigenvalue weighted by Gasteiger charge is 2.17. The molecule has 1 N–H and O–H groups in total. The lowest BCUT2D eigenvalue weighted by molar-refractivity contribution is -0.115. The molecule has 2 aromatic heterocycles. The fourth-order valence-electron chi connectivity index (χ4n) is 3.44. The molecule has 27 heavy (non-hydrogen) atoms. The van der Waals surface area contributed by atoms with Crippen LogP contribution in [0.3, 0.4) is 0 Å². The quantitative estimate of drug-likeness (QED) is 0.743. The molecule has 140 valence electrons. The van der Waals surface area contributed by atoms with Crippen LogP contribution in [0.2, 0.25) is 0 Å². The molecule has 0 radical (unpaired) electrons. The van der Waals surface area contributed by atoms with Crippen molar-refractivity contribution in [1.82, 2.24) is 19.7 Å². The lowest BCUT2D eigenvalue weighted by Gasteiger charge is -2.11. The highest BCUT2D eigenvalue weighted by atomic mass is 32.1. The fourth-order valence-corrected chi connectivity index (χ4v) is 4.06. The minimum Gasteiger partial charge on any atom is -0.325 e. The van der Waals surface area contributed by atoms with E-state index in [1.807, 2.05) is 31.4 Å². The van der Waals surface area contributed by atoms with E-state index >= 15 is 0 Å². The Bertz CT molecular complexity index is 975. The smallest absolute Gasteiger partial charge is 0.230 e. The molecule has 0 saturated carbocycles. The van der Waals surface area contributed by atoms with Crippen LogP contribution in [0.25, 0.3) is 11.4 Å². The molecule has 0 atom stereocenters. The Morgan fingerprint density at radius 3 is 2.93 bits per heavy atom. The molecule has 7 heteroatoms. The number of anilines is 1. The summed E-state index contributed by atoms with van der Waals surface area (Å²) in [5, 5.41) is 14.7. The molecule has 3 heterocycles. The van der Waals surface area contributed by atoms with Crippen LogP contribution in [0.4, 0.5) is 5.69 Å². The standard InChI is InChI=1S/C20H23N5OS/c1-13-7-8-15(20-24-23-18-6-4-3-5-9-25(18)20)10-17(13)22-19(26)11-16-12-27-14(2)21-16/h7-8,10,12H,3-6,9,11H2,1-2H3,(H,22,26). The average Bonchev–Trinajstić information content (AvgIpc) is 3.15. The molecule has 0 spiro atoms. The van der Waals surface area contributed by atoms with Crippen LogP contribution in [-0.2, 0) is 24.2 Å². The molecule has 0 aliphatic carbocycles. The van der Waals surface area contributed by atoms with Crippen molar-refractivity contribution < 1.29 is 4.79 Å². The van der Waals surface area contributed by atoms with Crippen molar-refractivity contribution in [3.05, 3.63) is 45.7 Å². The van der Waals surface area contributed by atoms with E-state index in [2.05, 4.69) is 31.1 Å². The Balaban J connectivity index is 1.57. The van der Waals surface area contributed by atoms with Crippen LogP contribution in [0.1, 0.15) is 41.4 Å². The van der Waals surface area contributed by atoms with E-state index in [-0.39, 0.29) is 12.3 Å². The van der Waals surface area contributed by atoms with Gasteiger partial charge in [-0.25, -0.2) is 4.98 Å². The van der Waals surface area contributed by atoms with Gasteiger partial charge in [0.2, 0.25) is 5.91 Å². The number of carbonyl (C=O) groups excluding carboxylic acids is 1. The van der Waals surface area contributed by atoms with Crippen LogP contribution < -0.4 is 5.32 Å². The number of carbonyl (C=O) groups is 1. The van der Waals surface area contributed by atoms with E-state index in [1.165, 1.54) is 12.8 Å². The number of nitrogens with zero attached hydrogens (tertiary/aromatic N) is 4. The van der Waals surface area contributed by atoms with Gasteiger partial charge in [0, 0.05) is 29.6 Å². The molecule has 0 unspecified atom stereocenters. The zero-order valence-corrected chi connectivity index (χ0v) is 16.5. The summed E-state index contributed by atoms with van der Waals surface area (Å²) in [6.07, 6.45) is 4.82. The van der Waals surface area contributed by atoms with Crippen molar-refractivity contribution in [2.45, 2.75) is 52.5 Å². The van der Waals surface area contributed by atoms with E-state index in [1.54, 1.807) is 11.3 Å². The van der Waals surface area contributed by atoms with Gasteiger partial charge in [-0.05, 0) is 38.3 Å². The lowest BCUT2D eigenvalue weighted by atomic mass is 10.1. The molecule has 0 fully saturated rings. The molecule has 0 bridgehead atoms. The molecule has 1 aliphatic rings. The maximum absolute atomic E-state index is 12.4. The second kappa shape index (κ2) is 7.60. The predicted molar refractivity (Wildman–Crippen MR) is 107 cm³/mol. The van der Waals surface area contributed by atoms with Crippen LogP contribution in [0.15, 0.2) is 23.6 Å².